The second kappa shape index (κ2) is 6.82. The number of hydrogen-bond donors (Lipinski definition) is 2. The van der Waals surface area contributed by atoms with E-state index in [0.717, 1.165) is 5.56 Å². The summed E-state index contributed by atoms with van der Waals surface area (Å²) in [6.45, 7) is 0.456. The van der Waals surface area contributed by atoms with Gasteiger partial charge in [-0.2, -0.15) is 0 Å². The fraction of sp³-hybridized carbons (Fsp3) is 0.429. The maximum absolute atomic E-state index is 12.0. The van der Waals surface area contributed by atoms with Crippen LogP contribution in [-0.4, -0.2) is 46.1 Å². The number of likely N-dealkylation sites (tertiary alicyclic amines) is 1. The van der Waals surface area contributed by atoms with Gasteiger partial charge in [-0.1, -0.05) is 17.2 Å². The Labute approximate surface area is 126 Å². The Morgan fingerprint density at radius 3 is 2.73 bits per heavy atom. The average Bonchev–Trinajstić information content (AvgIpc) is 2.85. The SMILES string of the molecule is [N-]=[N+]=NCC1CC(=O)N([C@@H](Cc2ccc(O)cc2)C(=O)O)C1. The van der Waals surface area contributed by atoms with Gasteiger partial charge in [0, 0.05) is 30.8 Å². The number of aliphatic carboxylic acids is 1. The molecule has 1 amide bonds. The van der Waals surface area contributed by atoms with Crippen molar-refractivity contribution in [2.45, 2.75) is 18.9 Å². The molecule has 1 fully saturated rings. The van der Waals surface area contributed by atoms with Crippen molar-refractivity contribution in [1.82, 2.24) is 4.90 Å². The van der Waals surface area contributed by atoms with Gasteiger partial charge in [-0.05, 0) is 29.1 Å². The van der Waals surface area contributed by atoms with Crippen molar-refractivity contribution in [3.63, 3.8) is 0 Å². The number of benzene rings is 1. The predicted molar refractivity (Wildman–Crippen MR) is 77.1 cm³/mol. The van der Waals surface area contributed by atoms with Gasteiger partial charge >= 0.3 is 5.97 Å². The summed E-state index contributed by atoms with van der Waals surface area (Å²) in [5, 5.41) is 22.1. The van der Waals surface area contributed by atoms with Gasteiger partial charge in [0.1, 0.15) is 11.8 Å². The van der Waals surface area contributed by atoms with Gasteiger partial charge in [-0.25, -0.2) is 4.79 Å². The highest BCUT2D eigenvalue weighted by Crippen LogP contribution is 2.23. The Morgan fingerprint density at radius 1 is 1.45 bits per heavy atom. The standard InChI is InChI=1S/C14H16N4O4/c15-17-16-7-10-6-13(20)18(8-10)12(14(21)22)5-9-1-3-11(19)4-2-9/h1-4,10,12,19H,5-8H2,(H,21,22)/t10?,12-/m0/s1. The molecular formula is C14H16N4O4. The Bertz CT molecular complexity index is 610. The molecule has 8 heteroatoms. The molecule has 0 radical (unpaired) electrons. The Kier molecular flexibility index (Phi) is 4.85. The third-order valence-corrected chi connectivity index (χ3v) is 3.67. The first kappa shape index (κ1) is 15.7. The first-order chi connectivity index (χ1) is 10.5. The molecule has 8 nitrogen and oxygen atoms in total. The lowest BCUT2D eigenvalue weighted by Gasteiger charge is -2.24. The zero-order chi connectivity index (χ0) is 16.1. The van der Waals surface area contributed by atoms with Crippen LogP contribution in [0.15, 0.2) is 29.4 Å². The quantitative estimate of drug-likeness (QED) is 0.469. The van der Waals surface area contributed by atoms with Gasteiger partial charge in [0.25, 0.3) is 0 Å². The molecule has 0 aromatic heterocycles. The van der Waals surface area contributed by atoms with Crippen molar-refractivity contribution >= 4 is 11.9 Å². The van der Waals surface area contributed by atoms with Gasteiger partial charge < -0.3 is 15.1 Å². The number of nitrogens with zero attached hydrogens (tertiary/aromatic N) is 4. The van der Waals surface area contributed by atoms with E-state index in [2.05, 4.69) is 10.0 Å². The molecule has 0 bridgehead atoms. The summed E-state index contributed by atoms with van der Waals surface area (Å²) in [6.07, 6.45) is 0.355. The van der Waals surface area contributed by atoms with Crippen molar-refractivity contribution in [3.05, 3.63) is 40.3 Å². The highest BCUT2D eigenvalue weighted by Gasteiger charge is 2.37. The molecule has 2 atom stereocenters. The van der Waals surface area contributed by atoms with E-state index in [1.54, 1.807) is 12.1 Å². The van der Waals surface area contributed by atoms with E-state index in [-0.39, 0.29) is 43.5 Å². The third kappa shape index (κ3) is 3.67. The molecule has 22 heavy (non-hydrogen) atoms. The molecule has 1 aliphatic rings. The normalized spacial score (nSPS) is 18.8. The van der Waals surface area contributed by atoms with Crippen LogP contribution >= 0.6 is 0 Å². The van der Waals surface area contributed by atoms with Gasteiger partial charge in [0.05, 0.1) is 0 Å². The summed E-state index contributed by atoms with van der Waals surface area (Å²) in [4.78, 5) is 27.5. The number of phenolic OH excluding ortho intramolecular Hbond substituents is 1. The fourth-order valence-electron chi connectivity index (χ4n) is 2.57. The van der Waals surface area contributed by atoms with Gasteiger partial charge in [0.15, 0.2) is 0 Å². The van der Waals surface area contributed by atoms with E-state index in [0.29, 0.717) is 0 Å². The number of amides is 1. The lowest BCUT2D eigenvalue weighted by atomic mass is 10.0. The number of carboxylic acids is 1. The number of hydrogen-bond acceptors (Lipinski definition) is 4. The number of carbonyl (C=O) groups excluding carboxylic acids is 1. The molecule has 1 aromatic rings. The topological polar surface area (TPSA) is 127 Å². The smallest absolute Gasteiger partial charge is 0.326 e. The molecule has 0 aliphatic carbocycles. The van der Waals surface area contributed by atoms with Crippen molar-refractivity contribution < 1.29 is 19.8 Å². The molecule has 1 aromatic carbocycles. The van der Waals surface area contributed by atoms with E-state index >= 15 is 0 Å². The second-order valence-electron chi connectivity index (χ2n) is 5.25. The summed E-state index contributed by atoms with van der Waals surface area (Å²) in [5.41, 5.74) is 9.04. The number of azide groups is 1. The summed E-state index contributed by atoms with van der Waals surface area (Å²) in [5.74, 6) is -1.37. The molecule has 2 N–H and O–H groups in total. The molecule has 1 unspecified atom stereocenters. The maximum atomic E-state index is 12.0. The van der Waals surface area contributed by atoms with Crippen molar-refractivity contribution in [1.29, 1.82) is 0 Å². The summed E-state index contributed by atoms with van der Waals surface area (Å²) >= 11 is 0. The zero-order valence-electron chi connectivity index (χ0n) is 11.8. The van der Waals surface area contributed by atoms with E-state index in [4.69, 9.17) is 5.53 Å². The van der Waals surface area contributed by atoms with Crippen molar-refractivity contribution in [2.75, 3.05) is 13.1 Å². The van der Waals surface area contributed by atoms with E-state index in [1.807, 2.05) is 0 Å². The number of phenols is 1. The predicted octanol–water partition coefficient (Wildman–Crippen LogP) is 1.55. The van der Waals surface area contributed by atoms with E-state index in [1.165, 1.54) is 17.0 Å². The Morgan fingerprint density at radius 2 is 2.14 bits per heavy atom. The van der Waals surface area contributed by atoms with Crippen LogP contribution in [0, 0.1) is 5.92 Å². The number of carbonyl (C=O) groups is 2. The monoisotopic (exact) mass is 304 g/mol. The van der Waals surface area contributed by atoms with Crippen LogP contribution in [0.5, 0.6) is 5.75 Å². The van der Waals surface area contributed by atoms with Gasteiger partial charge in [-0.3, -0.25) is 4.79 Å². The van der Waals surface area contributed by atoms with Crippen LogP contribution in [-0.2, 0) is 16.0 Å². The van der Waals surface area contributed by atoms with Crippen LogP contribution in [0.2, 0.25) is 0 Å². The third-order valence-electron chi connectivity index (χ3n) is 3.67. The van der Waals surface area contributed by atoms with Crippen LogP contribution in [0.25, 0.3) is 10.4 Å². The first-order valence-corrected chi connectivity index (χ1v) is 6.82. The molecule has 1 heterocycles. The zero-order valence-corrected chi connectivity index (χ0v) is 11.8. The van der Waals surface area contributed by atoms with Gasteiger partial charge in [-0.15, -0.1) is 0 Å². The summed E-state index contributed by atoms with van der Waals surface area (Å²) < 4.78 is 0. The fourth-order valence-corrected chi connectivity index (χ4v) is 2.57. The van der Waals surface area contributed by atoms with E-state index in [9.17, 15) is 19.8 Å². The Hall–Kier alpha value is -2.73. The number of carboxylic acid groups (broad SMARTS) is 1. The lowest BCUT2D eigenvalue weighted by Crippen LogP contribution is -2.43. The molecule has 1 saturated heterocycles. The lowest BCUT2D eigenvalue weighted by molar-refractivity contribution is -0.148. The highest BCUT2D eigenvalue weighted by molar-refractivity contribution is 5.85. The number of aromatic hydroxyl groups is 1. The minimum Gasteiger partial charge on any atom is -0.508 e. The van der Waals surface area contributed by atoms with Gasteiger partial charge in [0.2, 0.25) is 5.91 Å². The molecule has 1 aliphatic heterocycles. The minimum absolute atomic E-state index is 0.0994. The Balaban J connectivity index is 2.10. The second-order valence-corrected chi connectivity index (χ2v) is 5.25. The van der Waals surface area contributed by atoms with Crippen LogP contribution in [0.1, 0.15) is 12.0 Å². The van der Waals surface area contributed by atoms with Crippen molar-refractivity contribution in [2.24, 2.45) is 11.0 Å². The molecular weight excluding hydrogens is 288 g/mol. The van der Waals surface area contributed by atoms with Crippen molar-refractivity contribution in [3.8, 4) is 5.75 Å². The minimum atomic E-state index is -1.08. The highest BCUT2D eigenvalue weighted by atomic mass is 16.4. The molecule has 0 saturated carbocycles. The average molecular weight is 304 g/mol. The largest absolute Gasteiger partial charge is 0.508 e. The molecule has 0 spiro atoms. The maximum Gasteiger partial charge on any atom is 0.326 e. The van der Waals surface area contributed by atoms with Crippen LogP contribution in [0.3, 0.4) is 0 Å². The summed E-state index contributed by atoms with van der Waals surface area (Å²) in [6, 6.07) is 5.25. The first-order valence-electron chi connectivity index (χ1n) is 6.82. The van der Waals surface area contributed by atoms with Crippen LogP contribution < -0.4 is 0 Å². The molecule has 2 rings (SSSR count). The number of rotatable bonds is 6. The van der Waals surface area contributed by atoms with Crippen LogP contribution in [0.4, 0.5) is 0 Å². The molecule has 116 valence electrons. The summed E-state index contributed by atoms with van der Waals surface area (Å²) in [7, 11) is 0. The van der Waals surface area contributed by atoms with E-state index < -0.39 is 12.0 Å².